The Morgan fingerprint density at radius 3 is 2.67 bits per heavy atom. The first-order valence-electron chi connectivity index (χ1n) is 8.26. The summed E-state index contributed by atoms with van der Waals surface area (Å²) in [6, 6.07) is 3.75. The molecule has 2 aromatic rings. The van der Waals surface area contributed by atoms with Crippen LogP contribution >= 0.6 is 11.3 Å². The molecule has 0 unspecified atom stereocenters. The zero-order chi connectivity index (χ0) is 16.9. The van der Waals surface area contributed by atoms with Crippen molar-refractivity contribution in [3.8, 4) is 0 Å². The van der Waals surface area contributed by atoms with Gasteiger partial charge >= 0.3 is 6.03 Å². The first kappa shape index (κ1) is 16.7. The van der Waals surface area contributed by atoms with Crippen molar-refractivity contribution in [3.05, 3.63) is 34.4 Å². The topological polar surface area (TPSA) is 61.4 Å². The third-order valence-corrected chi connectivity index (χ3v) is 4.99. The average molecular weight is 345 g/mol. The van der Waals surface area contributed by atoms with Crippen LogP contribution in [-0.4, -0.2) is 41.0 Å². The van der Waals surface area contributed by atoms with Crippen molar-refractivity contribution in [2.45, 2.75) is 32.7 Å². The van der Waals surface area contributed by atoms with Gasteiger partial charge in [0.2, 0.25) is 0 Å². The number of aryl methyl sites for hydroxylation is 1. The number of thiazole rings is 1. The Hall–Kier alpha value is -2.15. The molecular formula is C17H23N5OS. The molecule has 0 radical (unpaired) electrons. The minimum absolute atomic E-state index is 0.145. The fourth-order valence-corrected chi connectivity index (χ4v) is 3.62. The predicted molar refractivity (Wildman–Crippen MR) is 97.6 cm³/mol. The maximum absolute atomic E-state index is 12.3. The highest BCUT2D eigenvalue weighted by atomic mass is 32.1. The minimum atomic E-state index is -0.145. The van der Waals surface area contributed by atoms with Gasteiger partial charge in [0.15, 0.2) is 0 Å². The van der Waals surface area contributed by atoms with Crippen LogP contribution in [0, 0.1) is 6.92 Å². The van der Waals surface area contributed by atoms with Crippen molar-refractivity contribution in [2.24, 2.45) is 0 Å². The van der Waals surface area contributed by atoms with Crippen LogP contribution in [0.25, 0.3) is 0 Å². The van der Waals surface area contributed by atoms with Gasteiger partial charge in [-0.15, -0.1) is 11.3 Å². The Balaban J connectivity index is 1.55. The van der Waals surface area contributed by atoms with Crippen molar-refractivity contribution in [2.75, 3.05) is 30.4 Å². The second-order valence-corrected chi connectivity index (χ2v) is 7.40. The van der Waals surface area contributed by atoms with E-state index in [2.05, 4.69) is 20.2 Å². The lowest BCUT2D eigenvalue weighted by atomic mass is 10.1. The molecule has 2 amide bonds. The molecule has 0 spiro atoms. The Labute approximate surface area is 146 Å². The van der Waals surface area contributed by atoms with Crippen LogP contribution in [0.3, 0.4) is 0 Å². The van der Waals surface area contributed by atoms with E-state index in [9.17, 15) is 4.79 Å². The van der Waals surface area contributed by atoms with Gasteiger partial charge in [-0.2, -0.15) is 0 Å². The van der Waals surface area contributed by atoms with Crippen molar-refractivity contribution >= 4 is 28.9 Å². The van der Waals surface area contributed by atoms with Gasteiger partial charge in [-0.25, -0.2) is 14.8 Å². The SMILES string of the molecule is Cc1ncc(CN(C)C(=O)Nc2ccc(N3CCCCC3)nc2)s1. The number of hydrogen-bond donors (Lipinski definition) is 1. The summed E-state index contributed by atoms with van der Waals surface area (Å²) < 4.78 is 0. The standard InChI is InChI=1S/C17H23N5OS/c1-13-18-11-15(24-13)12-21(2)17(23)20-14-6-7-16(19-10-14)22-8-4-3-5-9-22/h6-7,10-11H,3-5,8-9,12H2,1-2H3,(H,20,23). The van der Waals surface area contributed by atoms with Crippen molar-refractivity contribution in [3.63, 3.8) is 0 Å². The second kappa shape index (κ2) is 7.61. The molecule has 0 aromatic carbocycles. The normalized spacial score (nSPS) is 14.5. The number of pyridine rings is 1. The van der Waals surface area contributed by atoms with E-state index in [1.165, 1.54) is 19.3 Å². The molecule has 3 rings (SSSR count). The Bertz CT molecular complexity index is 679. The maximum atomic E-state index is 12.3. The minimum Gasteiger partial charge on any atom is -0.357 e. The van der Waals surface area contributed by atoms with Crippen molar-refractivity contribution < 1.29 is 4.79 Å². The van der Waals surface area contributed by atoms with Crippen molar-refractivity contribution in [1.29, 1.82) is 0 Å². The first-order valence-corrected chi connectivity index (χ1v) is 9.08. The highest BCUT2D eigenvalue weighted by Crippen LogP contribution is 2.19. The monoisotopic (exact) mass is 345 g/mol. The molecule has 6 nitrogen and oxygen atoms in total. The molecule has 7 heteroatoms. The number of nitrogens with zero attached hydrogens (tertiary/aromatic N) is 4. The molecular weight excluding hydrogens is 322 g/mol. The Morgan fingerprint density at radius 2 is 2.04 bits per heavy atom. The van der Waals surface area contributed by atoms with Gasteiger partial charge < -0.3 is 15.1 Å². The number of carbonyl (C=O) groups is 1. The summed E-state index contributed by atoms with van der Waals surface area (Å²) in [5.41, 5.74) is 0.716. The zero-order valence-corrected chi connectivity index (χ0v) is 15.0. The highest BCUT2D eigenvalue weighted by molar-refractivity contribution is 7.11. The molecule has 1 aliphatic heterocycles. The number of nitrogens with one attached hydrogen (secondary N) is 1. The fraction of sp³-hybridized carbons (Fsp3) is 0.471. The average Bonchev–Trinajstić information content (AvgIpc) is 3.01. The lowest BCUT2D eigenvalue weighted by Gasteiger charge is -2.27. The third-order valence-electron chi connectivity index (χ3n) is 4.09. The summed E-state index contributed by atoms with van der Waals surface area (Å²) in [4.78, 5) is 26.0. The maximum Gasteiger partial charge on any atom is 0.321 e. The van der Waals surface area contributed by atoms with E-state index in [-0.39, 0.29) is 6.03 Å². The summed E-state index contributed by atoms with van der Waals surface area (Å²) in [5, 5.41) is 3.90. The molecule has 1 aliphatic rings. The van der Waals surface area contributed by atoms with Gasteiger partial charge in [0.05, 0.1) is 23.4 Å². The second-order valence-electron chi connectivity index (χ2n) is 6.08. The largest absolute Gasteiger partial charge is 0.357 e. The molecule has 0 saturated carbocycles. The molecule has 1 N–H and O–H groups in total. The number of piperidine rings is 1. The smallest absolute Gasteiger partial charge is 0.321 e. The van der Waals surface area contributed by atoms with Crippen LogP contribution in [0.5, 0.6) is 0 Å². The van der Waals surface area contributed by atoms with Crippen LogP contribution in [0.15, 0.2) is 24.5 Å². The summed E-state index contributed by atoms with van der Waals surface area (Å²) >= 11 is 1.61. The number of aromatic nitrogens is 2. The molecule has 0 atom stereocenters. The molecule has 128 valence electrons. The van der Waals surface area contributed by atoms with Crippen LogP contribution in [0.2, 0.25) is 0 Å². The van der Waals surface area contributed by atoms with E-state index < -0.39 is 0 Å². The number of carbonyl (C=O) groups excluding carboxylic acids is 1. The third kappa shape index (κ3) is 4.23. The van der Waals surface area contributed by atoms with E-state index in [0.29, 0.717) is 12.2 Å². The number of amides is 2. The van der Waals surface area contributed by atoms with Crippen LogP contribution < -0.4 is 10.2 Å². The first-order chi connectivity index (χ1) is 11.6. The summed E-state index contributed by atoms with van der Waals surface area (Å²) in [5.74, 6) is 0.987. The lowest BCUT2D eigenvalue weighted by Crippen LogP contribution is -2.31. The molecule has 1 saturated heterocycles. The molecule has 1 fully saturated rings. The predicted octanol–water partition coefficient (Wildman–Crippen LogP) is 3.50. The van der Waals surface area contributed by atoms with Gasteiger partial charge in [0, 0.05) is 31.2 Å². The number of urea groups is 1. The number of hydrogen-bond acceptors (Lipinski definition) is 5. The number of anilines is 2. The summed E-state index contributed by atoms with van der Waals surface area (Å²) in [7, 11) is 1.78. The molecule has 0 aliphatic carbocycles. The van der Waals surface area contributed by atoms with Crippen LogP contribution in [0.4, 0.5) is 16.3 Å². The van der Waals surface area contributed by atoms with Crippen LogP contribution in [-0.2, 0) is 6.54 Å². The molecule has 2 aromatic heterocycles. The fourth-order valence-electron chi connectivity index (χ4n) is 2.77. The van der Waals surface area contributed by atoms with Gasteiger partial charge in [0.1, 0.15) is 5.82 Å². The Morgan fingerprint density at radius 1 is 1.25 bits per heavy atom. The Kier molecular flexibility index (Phi) is 5.30. The van der Waals surface area contributed by atoms with Crippen LogP contribution in [0.1, 0.15) is 29.1 Å². The van der Waals surface area contributed by atoms with E-state index in [1.54, 1.807) is 29.5 Å². The highest BCUT2D eigenvalue weighted by Gasteiger charge is 2.13. The number of rotatable bonds is 4. The van der Waals surface area contributed by atoms with E-state index in [4.69, 9.17) is 0 Å². The van der Waals surface area contributed by atoms with E-state index in [0.717, 1.165) is 28.8 Å². The lowest BCUT2D eigenvalue weighted by molar-refractivity contribution is 0.221. The zero-order valence-electron chi connectivity index (χ0n) is 14.2. The quantitative estimate of drug-likeness (QED) is 0.921. The van der Waals surface area contributed by atoms with Gasteiger partial charge in [-0.3, -0.25) is 0 Å². The van der Waals surface area contributed by atoms with Gasteiger partial charge in [-0.1, -0.05) is 0 Å². The molecule has 3 heterocycles. The van der Waals surface area contributed by atoms with E-state index >= 15 is 0 Å². The molecule has 0 bridgehead atoms. The van der Waals surface area contributed by atoms with Gasteiger partial charge in [0.25, 0.3) is 0 Å². The van der Waals surface area contributed by atoms with Gasteiger partial charge in [-0.05, 0) is 38.3 Å². The molecule has 24 heavy (non-hydrogen) atoms. The summed E-state index contributed by atoms with van der Waals surface area (Å²) in [6.45, 7) is 4.64. The summed E-state index contributed by atoms with van der Waals surface area (Å²) in [6.07, 6.45) is 7.30. The van der Waals surface area contributed by atoms with E-state index in [1.807, 2.05) is 25.3 Å². The van der Waals surface area contributed by atoms with Crippen molar-refractivity contribution in [1.82, 2.24) is 14.9 Å².